The van der Waals surface area contributed by atoms with Gasteiger partial charge >= 0.3 is 6.09 Å². The van der Waals surface area contributed by atoms with E-state index in [1.165, 1.54) is 0 Å². The fourth-order valence-electron chi connectivity index (χ4n) is 2.36. The molecule has 1 saturated heterocycles. The summed E-state index contributed by atoms with van der Waals surface area (Å²) in [6.07, 6.45) is -2.09. The monoisotopic (exact) mass is 345 g/mol. The molecule has 2 atom stereocenters. The lowest BCUT2D eigenvalue weighted by molar-refractivity contribution is -0.133. The molecule has 1 aromatic rings. The predicted molar refractivity (Wildman–Crippen MR) is 77.8 cm³/mol. The Bertz CT molecular complexity index is 657. The Morgan fingerprint density at radius 3 is 2.46 bits per heavy atom. The fourth-order valence-corrected chi connectivity index (χ4v) is 2.36. The Morgan fingerprint density at radius 2 is 1.83 bits per heavy atom. The summed E-state index contributed by atoms with van der Waals surface area (Å²) in [5.41, 5.74) is -1.05. The minimum absolute atomic E-state index is 0.137. The van der Waals surface area contributed by atoms with Crippen LogP contribution in [0.2, 0.25) is 0 Å². The minimum Gasteiger partial charge on any atom is -0.444 e. The number of carbonyl (C=O) groups excluding carboxylic acids is 2. The maximum Gasteiger partial charge on any atom is 0.407 e. The van der Waals surface area contributed by atoms with E-state index in [0.29, 0.717) is 12.1 Å². The number of alkyl carbamates (subject to hydrolysis) is 1. The number of amides is 1. The normalized spacial score (nSPS) is 21.5. The van der Waals surface area contributed by atoms with E-state index in [0.717, 1.165) is 0 Å². The summed E-state index contributed by atoms with van der Waals surface area (Å²) in [5, 5.41) is 2.43. The number of nitrogens with one attached hydrogen (secondary N) is 1. The number of carbonyl (C=O) groups is 2. The van der Waals surface area contributed by atoms with Gasteiger partial charge in [0.25, 0.3) is 0 Å². The van der Waals surface area contributed by atoms with E-state index in [1.807, 2.05) is 0 Å². The van der Waals surface area contributed by atoms with E-state index in [9.17, 15) is 22.8 Å². The fraction of sp³-hybridized carbons (Fsp3) is 0.500. The lowest BCUT2D eigenvalue weighted by Crippen LogP contribution is -2.47. The molecule has 0 spiro atoms. The van der Waals surface area contributed by atoms with Crippen molar-refractivity contribution >= 4 is 11.9 Å². The van der Waals surface area contributed by atoms with Gasteiger partial charge in [-0.3, -0.25) is 4.79 Å². The Hall–Kier alpha value is -2.09. The van der Waals surface area contributed by atoms with Gasteiger partial charge in [-0.25, -0.2) is 18.0 Å². The molecule has 1 amide bonds. The molecule has 2 rings (SSSR count). The maximum atomic E-state index is 14.0. The number of halogens is 3. The van der Waals surface area contributed by atoms with Crippen LogP contribution in [0.4, 0.5) is 18.0 Å². The molecule has 8 heteroatoms. The Morgan fingerprint density at radius 1 is 1.21 bits per heavy atom. The molecule has 1 aliphatic rings. The summed E-state index contributed by atoms with van der Waals surface area (Å²) in [5.74, 6) is -3.91. The first-order valence-corrected chi connectivity index (χ1v) is 7.34. The van der Waals surface area contributed by atoms with Crippen molar-refractivity contribution in [2.75, 3.05) is 6.61 Å². The van der Waals surface area contributed by atoms with Crippen LogP contribution >= 0.6 is 0 Å². The van der Waals surface area contributed by atoms with Gasteiger partial charge in [0.1, 0.15) is 24.1 Å². The molecule has 1 N–H and O–H groups in total. The highest BCUT2D eigenvalue weighted by atomic mass is 19.2. The quantitative estimate of drug-likeness (QED) is 0.837. The van der Waals surface area contributed by atoms with Crippen molar-refractivity contribution < 1.29 is 32.2 Å². The van der Waals surface area contributed by atoms with Gasteiger partial charge in [-0.05, 0) is 26.8 Å². The largest absolute Gasteiger partial charge is 0.444 e. The van der Waals surface area contributed by atoms with Crippen LogP contribution in [0.25, 0.3) is 0 Å². The molecular formula is C16H18F3NO4. The van der Waals surface area contributed by atoms with Crippen molar-refractivity contribution in [1.82, 2.24) is 5.32 Å². The van der Waals surface area contributed by atoms with E-state index in [2.05, 4.69) is 5.32 Å². The number of rotatable bonds is 2. The Balaban J connectivity index is 2.25. The summed E-state index contributed by atoms with van der Waals surface area (Å²) in [6, 6.07) is 0.102. The van der Waals surface area contributed by atoms with Crippen LogP contribution in [0.1, 0.15) is 38.9 Å². The van der Waals surface area contributed by atoms with E-state index in [4.69, 9.17) is 9.47 Å². The number of ketones is 1. The van der Waals surface area contributed by atoms with Crippen molar-refractivity contribution in [3.63, 3.8) is 0 Å². The third kappa shape index (κ3) is 4.47. The molecule has 0 aromatic heterocycles. The highest BCUT2D eigenvalue weighted by molar-refractivity contribution is 5.82. The van der Waals surface area contributed by atoms with Gasteiger partial charge in [0.2, 0.25) is 0 Å². The highest BCUT2D eigenvalue weighted by Crippen LogP contribution is 2.30. The van der Waals surface area contributed by atoms with Gasteiger partial charge in [0.15, 0.2) is 17.4 Å². The number of Topliss-reactive ketones (excluding diaryl/α,β-unsaturated/α-hetero) is 1. The third-order valence-electron chi connectivity index (χ3n) is 3.29. The summed E-state index contributed by atoms with van der Waals surface area (Å²) in [6.45, 7) is 4.65. The molecule has 2 unspecified atom stereocenters. The van der Waals surface area contributed by atoms with Crippen molar-refractivity contribution in [3.05, 3.63) is 35.1 Å². The molecule has 1 fully saturated rings. The molecule has 0 aliphatic carbocycles. The van der Waals surface area contributed by atoms with E-state index in [1.54, 1.807) is 20.8 Å². The van der Waals surface area contributed by atoms with Crippen molar-refractivity contribution in [2.45, 2.75) is 44.9 Å². The maximum absolute atomic E-state index is 14.0. The first kappa shape index (κ1) is 18.3. The summed E-state index contributed by atoms with van der Waals surface area (Å²) < 4.78 is 50.8. The predicted octanol–water partition coefficient (Wildman–Crippen LogP) is 3.03. The van der Waals surface area contributed by atoms with Crippen LogP contribution < -0.4 is 5.32 Å². The number of hydrogen-bond acceptors (Lipinski definition) is 4. The van der Waals surface area contributed by atoms with E-state index < -0.39 is 41.3 Å². The van der Waals surface area contributed by atoms with Crippen LogP contribution in [-0.4, -0.2) is 30.1 Å². The smallest absolute Gasteiger partial charge is 0.407 e. The molecule has 132 valence electrons. The van der Waals surface area contributed by atoms with E-state index in [-0.39, 0.29) is 24.4 Å². The van der Waals surface area contributed by atoms with Crippen molar-refractivity contribution in [1.29, 1.82) is 0 Å². The van der Waals surface area contributed by atoms with Crippen LogP contribution in [0.3, 0.4) is 0 Å². The average molecular weight is 345 g/mol. The van der Waals surface area contributed by atoms with Crippen LogP contribution in [0.15, 0.2) is 12.1 Å². The lowest BCUT2D eigenvalue weighted by atomic mass is 9.95. The van der Waals surface area contributed by atoms with E-state index >= 15 is 0 Å². The summed E-state index contributed by atoms with van der Waals surface area (Å²) in [4.78, 5) is 23.5. The first-order chi connectivity index (χ1) is 11.1. The van der Waals surface area contributed by atoms with Gasteiger partial charge in [0, 0.05) is 18.1 Å². The Kier molecular flexibility index (Phi) is 5.17. The van der Waals surface area contributed by atoms with Gasteiger partial charge < -0.3 is 14.8 Å². The number of ether oxygens (including phenoxy) is 2. The zero-order chi connectivity index (χ0) is 18.1. The molecule has 0 bridgehead atoms. The topological polar surface area (TPSA) is 64.6 Å². The third-order valence-corrected chi connectivity index (χ3v) is 3.29. The average Bonchev–Trinajstić information content (AvgIpc) is 2.41. The second-order valence-electron chi connectivity index (χ2n) is 6.51. The van der Waals surface area contributed by atoms with Gasteiger partial charge in [-0.2, -0.15) is 0 Å². The van der Waals surface area contributed by atoms with Crippen molar-refractivity contribution in [3.8, 4) is 0 Å². The lowest BCUT2D eigenvalue weighted by Gasteiger charge is -2.32. The highest BCUT2D eigenvalue weighted by Gasteiger charge is 2.35. The minimum atomic E-state index is -1.33. The molecular weight excluding hydrogens is 327 g/mol. The molecule has 0 saturated carbocycles. The zero-order valence-corrected chi connectivity index (χ0v) is 13.5. The van der Waals surface area contributed by atoms with Crippen molar-refractivity contribution in [2.24, 2.45) is 0 Å². The van der Waals surface area contributed by atoms with Gasteiger partial charge in [-0.15, -0.1) is 0 Å². The number of benzene rings is 1. The SMILES string of the molecule is CC(C)(C)OC(=O)NC1CC(=O)COC1c1cc(F)c(F)cc1F. The summed E-state index contributed by atoms with van der Waals surface area (Å²) in [7, 11) is 0. The summed E-state index contributed by atoms with van der Waals surface area (Å²) >= 11 is 0. The van der Waals surface area contributed by atoms with Gasteiger partial charge in [-0.1, -0.05) is 0 Å². The first-order valence-electron chi connectivity index (χ1n) is 7.34. The second-order valence-corrected chi connectivity index (χ2v) is 6.51. The standard InChI is InChI=1S/C16H18F3NO4/c1-16(2,3)24-15(22)20-13-4-8(21)7-23-14(13)9-5-11(18)12(19)6-10(9)17/h5-6,13-14H,4,7H2,1-3H3,(H,20,22). The Labute approximate surface area is 137 Å². The number of hydrogen-bond donors (Lipinski definition) is 1. The molecule has 24 heavy (non-hydrogen) atoms. The van der Waals surface area contributed by atoms with Crippen LogP contribution in [0.5, 0.6) is 0 Å². The molecule has 0 radical (unpaired) electrons. The molecule has 5 nitrogen and oxygen atoms in total. The molecule has 1 heterocycles. The molecule has 1 aromatic carbocycles. The van der Waals surface area contributed by atoms with Gasteiger partial charge in [0.05, 0.1) is 6.04 Å². The van der Waals surface area contributed by atoms with Crippen LogP contribution in [0, 0.1) is 17.5 Å². The molecule has 1 aliphatic heterocycles. The van der Waals surface area contributed by atoms with Crippen LogP contribution in [-0.2, 0) is 14.3 Å². The second kappa shape index (κ2) is 6.80. The zero-order valence-electron chi connectivity index (χ0n) is 13.5.